The van der Waals surface area contributed by atoms with E-state index in [1.54, 1.807) is 53.7 Å². The average molecular weight is 1710 g/mol. The van der Waals surface area contributed by atoms with Crippen LogP contribution in [-0.2, 0) is 117 Å². The Balaban J connectivity index is 0.000000953. The van der Waals surface area contributed by atoms with Crippen molar-refractivity contribution in [2.45, 2.75) is 190 Å². The van der Waals surface area contributed by atoms with E-state index in [9.17, 15) is 64.8 Å². The molecule has 0 radical (unpaired) electrons. The maximum Gasteiger partial charge on any atom is 0.338 e. The number of sulfone groups is 2. The minimum atomic E-state index is -3.76. The van der Waals surface area contributed by atoms with Crippen LogP contribution in [0.4, 0.5) is 0 Å². The average Bonchev–Trinajstić information content (AvgIpc) is 0.829. The second-order valence-electron chi connectivity index (χ2n) is 27.8. The van der Waals surface area contributed by atoms with E-state index in [-0.39, 0.29) is 161 Å². The lowest BCUT2D eigenvalue weighted by atomic mass is 10.1. The van der Waals surface area contributed by atoms with Crippen LogP contribution in [0, 0.1) is 0 Å². The van der Waals surface area contributed by atoms with Gasteiger partial charge in [0.2, 0.25) is 5.91 Å². The van der Waals surface area contributed by atoms with Gasteiger partial charge in [0.25, 0.3) is 0 Å². The zero-order valence-corrected chi connectivity index (χ0v) is 70.2. The van der Waals surface area contributed by atoms with Crippen molar-refractivity contribution in [2.24, 2.45) is 11.5 Å². The van der Waals surface area contributed by atoms with Gasteiger partial charge in [-0.2, -0.15) is 0 Å². The molecule has 0 atom stereocenters. The van der Waals surface area contributed by atoms with E-state index in [1.807, 2.05) is 0 Å². The Bertz CT molecular complexity index is 3750. The number of hydrogen-bond donors (Lipinski definition) is 7. The summed E-state index contributed by atoms with van der Waals surface area (Å²) in [6, 6.07) is 11.8. The second kappa shape index (κ2) is 64.0. The molecule has 0 spiro atoms. The number of carbonyl (C=O) groups is 10. The van der Waals surface area contributed by atoms with E-state index in [0.717, 1.165) is 44.5 Å². The molecule has 0 aliphatic carbocycles. The molecule has 0 unspecified atom stereocenters. The normalized spacial score (nSPS) is 11.3. The van der Waals surface area contributed by atoms with E-state index < -0.39 is 66.3 Å². The summed E-state index contributed by atoms with van der Waals surface area (Å²) in [4.78, 5) is 129. The number of Topliss-reactive ketones (excluding diaryl/α,β-unsaturated/α-hetero) is 3. The highest BCUT2D eigenvalue weighted by molar-refractivity contribution is 7.91. The summed E-state index contributed by atoms with van der Waals surface area (Å²) in [7, 11) is -7.46. The maximum atomic E-state index is 12.9. The first-order valence-corrected chi connectivity index (χ1v) is 42.1. The number of unbranched alkanes of at least 4 members (excludes halogenated alkanes) is 5. The summed E-state index contributed by atoms with van der Waals surface area (Å²) in [5.74, 6) is -4.72. The maximum absolute atomic E-state index is 12.9. The van der Waals surface area contributed by atoms with Crippen LogP contribution >= 0.6 is 0 Å². The van der Waals surface area contributed by atoms with Crippen molar-refractivity contribution < 1.29 is 142 Å². The number of ketones is 3. The van der Waals surface area contributed by atoms with Gasteiger partial charge in [-0.1, -0.05) is 19.3 Å². The highest BCUT2D eigenvalue weighted by Crippen LogP contribution is 2.22. The summed E-state index contributed by atoms with van der Waals surface area (Å²) in [6.07, 6.45) is 14.4. The van der Waals surface area contributed by atoms with Gasteiger partial charge in [0, 0.05) is 96.0 Å². The van der Waals surface area contributed by atoms with Gasteiger partial charge < -0.3 is 94.1 Å². The number of aromatic nitrogens is 4. The third-order valence-corrected chi connectivity index (χ3v) is 18.1. The van der Waals surface area contributed by atoms with E-state index >= 15 is 0 Å². The van der Waals surface area contributed by atoms with Gasteiger partial charge in [0.15, 0.2) is 37.0 Å². The number of amides is 1. The summed E-state index contributed by atoms with van der Waals surface area (Å²) < 4.78 is 114. The minimum absolute atomic E-state index is 0.00229. The van der Waals surface area contributed by atoms with Gasteiger partial charge in [-0.3, -0.25) is 33.6 Å². The number of rotatable bonds is 63. The third kappa shape index (κ3) is 60.5. The van der Waals surface area contributed by atoms with Gasteiger partial charge in [-0.05, 0) is 148 Å². The summed E-state index contributed by atoms with van der Waals surface area (Å²) >= 11 is 0. The van der Waals surface area contributed by atoms with Gasteiger partial charge in [0.1, 0.15) is 72.3 Å². The lowest BCUT2D eigenvalue weighted by Crippen LogP contribution is -2.27. The Morgan fingerprint density at radius 1 is 0.373 bits per heavy atom. The number of aromatic carboxylic acids is 1. The Morgan fingerprint density at radius 2 is 0.737 bits per heavy atom. The number of nitrogens with two attached hydrogens (primary N) is 2. The van der Waals surface area contributed by atoms with Gasteiger partial charge in [-0.25, -0.2) is 51.2 Å². The zero-order chi connectivity index (χ0) is 87.9. The fourth-order valence-corrected chi connectivity index (χ4v) is 11.7. The molecule has 0 fully saturated rings. The van der Waals surface area contributed by atoms with Crippen molar-refractivity contribution in [3.63, 3.8) is 0 Å². The second-order valence-corrected chi connectivity index (χ2v) is 31.8. The number of nitrogens with one attached hydrogen (secondary N) is 1. The van der Waals surface area contributed by atoms with E-state index in [1.165, 1.54) is 48.8 Å². The molecule has 0 saturated carbocycles. The fourth-order valence-electron chi connectivity index (χ4n) is 9.26. The molecule has 2 aromatic heterocycles. The highest BCUT2D eigenvalue weighted by atomic mass is 32.2. The molecule has 9 N–H and O–H groups in total. The molecule has 1 amide bonds. The molecule has 2 aromatic carbocycles. The number of nitrogens with zero attached hydrogens (tertiary/aromatic N) is 4. The highest BCUT2D eigenvalue weighted by Gasteiger charge is 2.22. The lowest BCUT2D eigenvalue weighted by Gasteiger charge is -2.19. The number of carboxylic acids is 4. The van der Waals surface area contributed by atoms with Crippen molar-refractivity contribution in [1.82, 2.24) is 25.3 Å². The molecule has 0 saturated heterocycles. The number of aliphatic carboxylic acids is 3. The van der Waals surface area contributed by atoms with Crippen LogP contribution in [-0.4, -0.2) is 266 Å². The standard InChI is InChI=1S/C40H59N3O14S.C20H24N2O7S.C13H25NO7.C6H13NO2/c1-40(2,3)57-39(49)13-9-20-56-33-14-16-34(17-15-33)58(50,51)30-36-42-26-31(27-43-36)35(45)11-6-4-5-7-12-37(46)41-18-21-53-23-24-54-28-32(44)10-8-19-52-22-25-55-29-38(47)48;1-20(2,3)29-18(23)5-4-10-28-15-6-8-16(9-7-15)30(26,27)13-17-21-11-14(12-22-17)19(24)25;14-3-5-19-7-8-20-10-12(15)2-1-4-18-6-9-21-11-13(16)17;7-5-3-1-2-4-6(8)9/h14-17,26-27H,4-13,18-25,28-30H2,1-3H3,(H,41,46)(H,47,48);6-9,11-12H,4-5,10,13H2,1-3H3,(H,24,25);1-11,14H2,(H,16,17);1-5,7H2,(H,8,9). The first-order chi connectivity index (χ1) is 56.0. The van der Waals surface area contributed by atoms with Crippen LogP contribution in [0.2, 0.25) is 0 Å². The molecule has 0 bridgehead atoms. The molecule has 2 heterocycles. The van der Waals surface area contributed by atoms with Crippen molar-refractivity contribution in [3.8, 4) is 11.5 Å². The molecule has 118 heavy (non-hydrogen) atoms. The van der Waals surface area contributed by atoms with Crippen LogP contribution in [0.3, 0.4) is 0 Å². The molecule has 664 valence electrons. The van der Waals surface area contributed by atoms with Gasteiger partial charge in [0.05, 0.1) is 100 Å². The Labute approximate surface area is 690 Å². The van der Waals surface area contributed by atoms with E-state index in [0.29, 0.717) is 141 Å². The zero-order valence-electron chi connectivity index (χ0n) is 68.6. The molecule has 4 rings (SSSR count). The number of ether oxygens (including phenoxy) is 12. The summed E-state index contributed by atoms with van der Waals surface area (Å²) in [5, 5.41) is 36.6. The number of benzene rings is 2. The lowest BCUT2D eigenvalue weighted by molar-refractivity contribution is -0.156. The molecule has 39 heteroatoms. The Kier molecular flexibility index (Phi) is 58.0. The van der Waals surface area contributed by atoms with Crippen molar-refractivity contribution >= 4 is 78.7 Å². The monoisotopic (exact) mass is 1710 g/mol. The van der Waals surface area contributed by atoms with Crippen molar-refractivity contribution in [3.05, 3.63) is 96.1 Å². The van der Waals surface area contributed by atoms with Crippen molar-refractivity contribution in [1.29, 1.82) is 0 Å². The third-order valence-electron chi connectivity index (χ3n) is 14.8. The minimum Gasteiger partial charge on any atom is -0.494 e. The first kappa shape index (κ1) is 107. The largest absolute Gasteiger partial charge is 0.494 e. The van der Waals surface area contributed by atoms with Crippen LogP contribution in [0.15, 0.2) is 83.1 Å². The van der Waals surface area contributed by atoms with E-state index in [2.05, 4.69) is 25.3 Å². The smallest absolute Gasteiger partial charge is 0.338 e. The fraction of sp³-hybridized carbons (Fsp3) is 0.620. The topological polar surface area (TPSA) is 546 Å². The quantitative estimate of drug-likeness (QED) is 0.0136. The van der Waals surface area contributed by atoms with Crippen molar-refractivity contribution in [2.75, 3.05) is 139 Å². The molecular weight excluding hydrogens is 1590 g/mol. The molecule has 0 aliphatic rings. The van der Waals surface area contributed by atoms with Crippen LogP contribution < -0.4 is 26.3 Å². The number of carboxylic acid groups (broad SMARTS) is 4. The predicted molar refractivity (Wildman–Crippen MR) is 426 cm³/mol. The van der Waals surface area contributed by atoms with Crippen LogP contribution in [0.25, 0.3) is 0 Å². The van der Waals surface area contributed by atoms with Gasteiger partial charge >= 0.3 is 35.8 Å². The molecule has 4 aromatic rings. The molecule has 0 aliphatic heterocycles. The Hall–Kier alpha value is -9.00. The van der Waals surface area contributed by atoms with Gasteiger partial charge in [-0.15, -0.1) is 0 Å². The summed E-state index contributed by atoms with van der Waals surface area (Å²) in [5.41, 5.74) is 9.55. The first-order valence-electron chi connectivity index (χ1n) is 38.7. The molecular formula is C79H121N7O30S2. The van der Waals surface area contributed by atoms with E-state index in [4.69, 9.17) is 88.7 Å². The SMILES string of the molecule is CC(C)(C)OC(=O)CCCOc1ccc(S(=O)(=O)Cc2ncc(C(=O)CCCCCCC(=O)NCCOCCOCC(=O)CCCOCCOCC(=O)O)cn2)cc1.CC(C)(C)OC(=O)CCCOc1ccc(S(=O)(=O)Cc2ncc(C(=O)O)cn2)cc1.NCCCCCC(=O)O.NCCOCCOCC(=O)CCCOCCOCC(=O)O. The Morgan fingerprint density at radius 3 is 1.13 bits per heavy atom. The summed E-state index contributed by atoms with van der Waals surface area (Å²) in [6.45, 7) is 16.1. The predicted octanol–water partition coefficient (Wildman–Crippen LogP) is 6.78. The number of hydrogen-bond acceptors (Lipinski definition) is 32. The van der Waals surface area contributed by atoms with Crippen LogP contribution in [0.5, 0.6) is 11.5 Å². The molecule has 37 nitrogen and oxygen atoms in total. The van der Waals surface area contributed by atoms with Crippen LogP contribution in [0.1, 0.15) is 189 Å². The number of carbonyl (C=O) groups excluding carboxylic acids is 6. The number of esters is 2.